The van der Waals surface area contributed by atoms with E-state index in [4.69, 9.17) is 0 Å². The molecule has 6 heteroatoms. The summed E-state index contributed by atoms with van der Waals surface area (Å²) in [6.07, 6.45) is 1.51. The van der Waals surface area contributed by atoms with E-state index in [1.54, 1.807) is 12.1 Å². The van der Waals surface area contributed by atoms with Crippen LogP contribution in [0.15, 0.2) is 54.7 Å². The van der Waals surface area contributed by atoms with Crippen LogP contribution in [0.4, 0.5) is 8.78 Å². The molecule has 2 N–H and O–H groups in total. The van der Waals surface area contributed by atoms with Gasteiger partial charge in [0.15, 0.2) is 0 Å². The van der Waals surface area contributed by atoms with Crippen LogP contribution in [-0.4, -0.2) is 22.6 Å². The van der Waals surface area contributed by atoms with Crippen molar-refractivity contribution in [3.63, 3.8) is 0 Å². The Hall–Kier alpha value is -2.86. The third-order valence-electron chi connectivity index (χ3n) is 3.67. The van der Waals surface area contributed by atoms with Gasteiger partial charge in [0.1, 0.15) is 11.6 Å². The first-order valence-electron chi connectivity index (χ1n) is 7.30. The van der Waals surface area contributed by atoms with Gasteiger partial charge < -0.3 is 10.4 Å². The normalized spacial score (nSPS) is 12.1. The molecule has 0 aliphatic heterocycles. The number of benzene rings is 2. The molecule has 1 amide bonds. The molecule has 0 saturated heterocycles. The van der Waals surface area contributed by atoms with Crippen molar-refractivity contribution in [3.05, 3.63) is 77.5 Å². The summed E-state index contributed by atoms with van der Waals surface area (Å²) in [6, 6.07) is 10.4. The Labute approximate surface area is 136 Å². The Balaban J connectivity index is 1.93. The highest BCUT2D eigenvalue weighted by Crippen LogP contribution is 2.20. The van der Waals surface area contributed by atoms with Crippen LogP contribution in [0.1, 0.15) is 22.0 Å². The average Bonchev–Trinajstić information content (AvgIpc) is 2.59. The highest BCUT2D eigenvalue weighted by molar-refractivity contribution is 6.05. The number of pyridine rings is 1. The summed E-state index contributed by atoms with van der Waals surface area (Å²) >= 11 is 0. The van der Waals surface area contributed by atoms with Crippen LogP contribution in [0, 0.1) is 11.6 Å². The SMILES string of the molecule is O=C(N[C@H](CO)c1ccc(F)cc1)c1cc(F)cc2cccnc12. The second-order valence-corrected chi connectivity index (χ2v) is 5.29. The van der Waals surface area contributed by atoms with E-state index in [9.17, 15) is 18.7 Å². The fourth-order valence-electron chi connectivity index (χ4n) is 2.49. The van der Waals surface area contributed by atoms with E-state index >= 15 is 0 Å². The number of hydrogen-bond acceptors (Lipinski definition) is 3. The molecule has 1 heterocycles. The zero-order valence-corrected chi connectivity index (χ0v) is 12.5. The summed E-state index contributed by atoms with van der Waals surface area (Å²) in [4.78, 5) is 16.6. The molecule has 24 heavy (non-hydrogen) atoms. The number of carbonyl (C=O) groups excluding carboxylic acids is 1. The predicted octanol–water partition coefficient (Wildman–Crippen LogP) is 2.98. The molecule has 3 rings (SSSR count). The Morgan fingerprint density at radius 3 is 2.58 bits per heavy atom. The van der Waals surface area contributed by atoms with Gasteiger partial charge >= 0.3 is 0 Å². The van der Waals surface area contributed by atoms with Crippen LogP contribution in [0.3, 0.4) is 0 Å². The van der Waals surface area contributed by atoms with Crippen molar-refractivity contribution in [2.75, 3.05) is 6.61 Å². The summed E-state index contributed by atoms with van der Waals surface area (Å²) in [6.45, 7) is -0.377. The van der Waals surface area contributed by atoms with Gasteiger partial charge in [-0.3, -0.25) is 9.78 Å². The van der Waals surface area contributed by atoms with Gasteiger partial charge in [-0.05, 0) is 35.9 Å². The second-order valence-electron chi connectivity index (χ2n) is 5.29. The smallest absolute Gasteiger partial charge is 0.254 e. The fraction of sp³-hybridized carbons (Fsp3) is 0.111. The molecule has 0 spiro atoms. The Morgan fingerprint density at radius 2 is 1.88 bits per heavy atom. The summed E-state index contributed by atoms with van der Waals surface area (Å²) < 4.78 is 26.7. The van der Waals surface area contributed by atoms with Crippen molar-refractivity contribution in [1.82, 2.24) is 10.3 Å². The number of nitrogens with zero attached hydrogens (tertiary/aromatic N) is 1. The maximum absolute atomic E-state index is 13.7. The standard InChI is InChI=1S/C18H14F2N2O2/c19-13-5-3-11(4-6-13)16(10-23)22-18(24)15-9-14(20)8-12-2-1-7-21-17(12)15/h1-9,16,23H,10H2,(H,22,24)/t16-/m1/s1. The molecule has 0 radical (unpaired) electrons. The van der Waals surface area contributed by atoms with Gasteiger partial charge in [0, 0.05) is 11.6 Å². The molecule has 0 unspecified atom stereocenters. The number of nitrogens with one attached hydrogen (secondary N) is 1. The lowest BCUT2D eigenvalue weighted by Gasteiger charge is -2.17. The highest BCUT2D eigenvalue weighted by atomic mass is 19.1. The van der Waals surface area contributed by atoms with Gasteiger partial charge in [0.05, 0.1) is 23.7 Å². The molecule has 0 bridgehead atoms. The van der Waals surface area contributed by atoms with E-state index in [1.807, 2.05) is 0 Å². The van der Waals surface area contributed by atoms with Crippen LogP contribution >= 0.6 is 0 Å². The van der Waals surface area contributed by atoms with Crippen molar-refractivity contribution in [1.29, 1.82) is 0 Å². The third-order valence-corrected chi connectivity index (χ3v) is 3.67. The Morgan fingerprint density at radius 1 is 1.12 bits per heavy atom. The lowest BCUT2D eigenvalue weighted by molar-refractivity contribution is 0.0917. The van der Waals surface area contributed by atoms with E-state index in [0.29, 0.717) is 16.5 Å². The van der Waals surface area contributed by atoms with E-state index in [0.717, 1.165) is 6.07 Å². The largest absolute Gasteiger partial charge is 0.394 e. The first-order valence-corrected chi connectivity index (χ1v) is 7.30. The minimum Gasteiger partial charge on any atom is -0.394 e. The van der Waals surface area contributed by atoms with Gasteiger partial charge in [-0.15, -0.1) is 0 Å². The van der Waals surface area contributed by atoms with Crippen LogP contribution in [-0.2, 0) is 0 Å². The van der Waals surface area contributed by atoms with E-state index < -0.39 is 23.6 Å². The molecule has 2 aromatic carbocycles. The predicted molar refractivity (Wildman–Crippen MR) is 85.4 cm³/mol. The van der Waals surface area contributed by atoms with Crippen LogP contribution in [0.5, 0.6) is 0 Å². The monoisotopic (exact) mass is 328 g/mol. The number of carbonyl (C=O) groups is 1. The van der Waals surface area contributed by atoms with Crippen molar-refractivity contribution in [2.24, 2.45) is 0 Å². The van der Waals surface area contributed by atoms with Crippen molar-refractivity contribution < 1.29 is 18.7 Å². The lowest BCUT2D eigenvalue weighted by Crippen LogP contribution is -2.31. The van der Waals surface area contributed by atoms with Crippen LogP contribution in [0.25, 0.3) is 10.9 Å². The van der Waals surface area contributed by atoms with Crippen LogP contribution < -0.4 is 5.32 Å². The maximum atomic E-state index is 13.7. The minimum absolute atomic E-state index is 0.0751. The fourth-order valence-corrected chi connectivity index (χ4v) is 2.49. The summed E-state index contributed by atoms with van der Waals surface area (Å²) in [5.41, 5.74) is 0.985. The number of aliphatic hydroxyl groups is 1. The number of rotatable bonds is 4. The van der Waals surface area contributed by atoms with E-state index in [2.05, 4.69) is 10.3 Å². The molecule has 0 aliphatic rings. The van der Waals surface area contributed by atoms with Gasteiger partial charge in [-0.2, -0.15) is 0 Å². The molecule has 122 valence electrons. The second kappa shape index (κ2) is 6.72. The molecule has 0 aliphatic carbocycles. The molecule has 4 nitrogen and oxygen atoms in total. The lowest BCUT2D eigenvalue weighted by atomic mass is 10.1. The summed E-state index contributed by atoms with van der Waals surface area (Å²) in [5.74, 6) is -1.54. The van der Waals surface area contributed by atoms with Crippen molar-refractivity contribution in [2.45, 2.75) is 6.04 Å². The molecule has 1 aromatic heterocycles. The number of amides is 1. The molecular weight excluding hydrogens is 314 g/mol. The third kappa shape index (κ3) is 3.23. The zero-order valence-electron chi connectivity index (χ0n) is 12.5. The quantitative estimate of drug-likeness (QED) is 0.774. The minimum atomic E-state index is -0.736. The summed E-state index contributed by atoms with van der Waals surface area (Å²) in [5, 5.41) is 12.6. The summed E-state index contributed by atoms with van der Waals surface area (Å²) in [7, 11) is 0. The van der Waals surface area contributed by atoms with Crippen molar-refractivity contribution in [3.8, 4) is 0 Å². The van der Waals surface area contributed by atoms with Gasteiger partial charge in [-0.25, -0.2) is 8.78 Å². The highest BCUT2D eigenvalue weighted by Gasteiger charge is 2.18. The van der Waals surface area contributed by atoms with Crippen molar-refractivity contribution >= 4 is 16.8 Å². The zero-order chi connectivity index (χ0) is 17.1. The number of aliphatic hydroxyl groups excluding tert-OH is 1. The Kier molecular flexibility index (Phi) is 4.48. The van der Waals surface area contributed by atoms with E-state index in [1.165, 1.54) is 36.5 Å². The molecule has 0 fully saturated rings. The number of aromatic nitrogens is 1. The first-order chi connectivity index (χ1) is 11.6. The molecular formula is C18H14F2N2O2. The number of halogens is 2. The number of hydrogen-bond donors (Lipinski definition) is 2. The van der Waals surface area contributed by atoms with Crippen LogP contribution in [0.2, 0.25) is 0 Å². The first kappa shape index (κ1) is 16.0. The van der Waals surface area contributed by atoms with Gasteiger partial charge in [0.25, 0.3) is 5.91 Å². The molecule has 1 atom stereocenters. The topological polar surface area (TPSA) is 62.2 Å². The average molecular weight is 328 g/mol. The number of fused-ring (bicyclic) bond motifs is 1. The van der Waals surface area contributed by atoms with Gasteiger partial charge in [0.2, 0.25) is 0 Å². The maximum Gasteiger partial charge on any atom is 0.254 e. The molecule has 0 saturated carbocycles. The Bertz CT molecular complexity index is 882. The molecule has 3 aromatic rings. The van der Waals surface area contributed by atoms with E-state index in [-0.39, 0.29) is 12.2 Å². The van der Waals surface area contributed by atoms with Gasteiger partial charge in [-0.1, -0.05) is 18.2 Å².